The van der Waals surface area contributed by atoms with Gasteiger partial charge in [0.25, 0.3) is 0 Å². The molecular weight excluding hydrogens is 156 g/mol. The Balaban J connectivity index is 2.80. The Kier molecular flexibility index (Phi) is 2.29. The third-order valence-corrected chi connectivity index (χ3v) is 1.16. The topological polar surface area (TPSA) is 62.2 Å². The number of amides is 1. The molecule has 60 valence electrons. The van der Waals surface area contributed by atoms with Gasteiger partial charge < -0.3 is 5.11 Å². The quantitative estimate of drug-likeness (QED) is 0.609. The minimum Gasteiger partial charge on any atom is -0.465 e. The molecule has 0 unspecified atom stereocenters. The Morgan fingerprint density at radius 3 is 2.83 bits per heavy atom. The van der Waals surface area contributed by atoms with E-state index in [0.29, 0.717) is 11.4 Å². The lowest BCUT2D eigenvalue weighted by molar-refractivity contribution is 0.209. The molecule has 1 aromatic rings. The van der Waals surface area contributed by atoms with Gasteiger partial charge in [-0.2, -0.15) is 0 Å². The molecule has 4 heteroatoms. The van der Waals surface area contributed by atoms with E-state index in [2.05, 4.69) is 16.2 Å². The number of carboxylic acid groups (broad SMARTS) is 1. The lowest BCUT2D eigenvalue weighted by Crippen LogP contribution is -2.07. The van der Waals surface area contributed by atoms with Crippen LogP contribution >= 0.6 is 0 Å². The second-order valence-corrected chi connectivity index (χ2v) is 2.01. The zero-order valence-corrected chi connectivity index (χ0v) is 6.11. The number of terminal acetylenes is 1. The van der Waals surface area contributed by atoms with E-state index < -0.39 is 6.09 Å². The summed E-state index contributed by atoms with van der Waals surface area (Å²) >= 11 is 0. The van der Waals surface area contributed by atoms with Gasteiger partial charge in [-0.25, -0.2) is 9.78 Å². The van der Waals surface area contributed by atoms with Gasteiger partial charge >= 0.3 is 6.09 Å². The molecule has 4 nitrogen and oxygen atoms in total. The molecule has 12 heavy (non-hydrogen) atoms. The summed E-state index contributed by atoms with van der Waals surface area (Å²) < 4.78 is 0. The van der Waals surface area contributed by atoms with Crippen molar-refractivity contribution in [3.05, 3.63) is 24.0 Å². The van der Waals surface area contributed by atoms with Gasteiger partial charge in [-0.3, -0.25) is 5.32 Å². The first-order chi connectivity index (χ1) is 5.72. The van der Waals surface area contributed by atoms with Crippen LogP contribution in [-0.4, -0.2) is 16.2 Å². The fourth-order valence-corrected chi connectivity index (χ4v) is 0.677. The number of nitrogens with zero attached hydrogens (tertiary/aromatic N) is 1. The lowest BCUT2D eigenvalue weighted by Gasteiger charge is -1.98. The second kappa shape index (κ2) is 3.39. The van der Waals surface area contributed by atoms with Crippen molar-refractivity contribution in [1.29, 1.82) is 0 Å². The molecule has 0 aliphatic heterocycles. The van der Waals surface area contributed by atoms with Crippen molar-refractivity contribution in [2.24, 2.45) is 0 Å². The van der Waals surface area contributed by atoms with Crippen molar-refractivity contribution >= 4 is 11.8 Å². The Morgan fingerprint density at radius 2 is 2.42 bits per heavy atom. The fourth-order valence-electron chi connectivity index (χ4n) is 0.677. The standard InChI is InChI=1S/C8H6N2O2/c1-2-6-3-4-7(5-9-6)10-8(11)12/h1,3-5,10H,(H,11,12). The summed E-state index contributed by atoms with van der Waals surface area (Å²) in [5.74, 6) is 2.32. The second-order valence-electron chi connectivity index (χ2n) is 2.01. The predicted octanol–water partition coefficient (Wildman–Crippen LogP) is 1.15. The van der Waals surface area contributed by atoms with Crippen LogP contribution in [0.25, 0.3) is 0 Å². The van der Waals surface area contributed by atoms with Crippen LogP contribution in [0.3, 0.4) is 0 Å². The number of pyridine rings is 1. The van der Waals surface area contributed by atoms with Gasteiger partial charge in [-0.1, -0.05) is 5.92 Å². The summed E-state index contributed by atoms with van der Waals surface area (Å²) in [6.07, 6.45) is 5.30. The third kappa shape index (κ3) is 1.99. The monoisotopic (exact) mass is 162 g/mol. The van der Waals surface area contributed by atoms with E-state index in [1.807, 2.05) is 0 Å². The molecule has 1 heterocycles. The van der Waals surface area contributed by atoms with Gasteiger partial charge in [0.15, 0.2) is 0 Å². The van der Waals surface area contributed by atoms with Crippen molar-refractivity contribution in [2.45, 2.75) is 0 Å². The zero-order chi connectivity index (χ0) is 8.97. The van der Waals surface area contributed by atoms with Crippen LogP contribution in [-0.2, 0) is 0 Å². The van der Waals surface area contributed by atoms with E-state index in [9.17, 15) is 4.79 Å². The Labute approximate surface area is 69.3 Å². The molecular formula is C8H6N2O2. The normalized spacial score (nSPS) is 8.58. The number of anilines is 1. The van der Waals surface area contributed by atoms with Crippen LogP contribution < -0.4 is 5.32 Å². The van der Waals surface area contributed by atoms with Crippen LogP contribution in [0.2, 0.25) is 0 Å². The molecule has 0 saturated heterocycles. The molecule has 0 aromatic carbocycles. The first-order valence-electron chi connectivity index (χ1n) is 3.15. The largest absolute Gasteiger partial charge is 0.465 e. The van der Waals surface area contributed by atoms with Crippen LogP contribution in [0, 0.1) is 12.3 Å². The molecule has 1 aromatic heterocycles. The van der Waals surface area contributed by atoms with Gasteiger partial charge in [0.1, 0.15) is 5.69 Å². The van der Waals surface area contributed by atoms with E-state index in [1.165, 1.54) is 6.20 Å². The molecule has 1 rings (SSSR count). The molecule has 0 atom stereocenters. The average Bonchev–Trinajstić information content (AvgIpc) is 2.05. The number of rotatable bonds is 1. The van der Waals surface area contributed by atoms with Gasteiger partial charge in [0, 0.05) is 0 Å². The van der Waals surface area contributed by atoms with Crippen LogP contribution in [0.1, 0.15) is 5.69 Å². The molecule has 0 saturated carbocycles. The summed E-state index contributed by atoms with van der Waals surface area (Å²) in [6.45, 7) is 0. The van der Waals surface area contributed by atoms with Gasteiger partial charge in [-0.05, 0) is 12.1 Å². The number of hydrogen-bond donors (Lipinski definition) is 2. The summed E-state index contributed by atoms with van der Waals surface area (Å²) in [5.41, 5.74) is 0.882. The van der Waals surface area contributed by atoms with Crippen LogP contribution in [0.15, 0.2) is 18.3 Å². The van der Waals surface area contributed by atoms with E-state index in [1.54, 1.807) is 12.1 Å². The smallest absolute Gasteiger partial charge is 0.409 e. The summed E-state index contributed by atoms with van der Waals surface area (Å²) in [6, 6.07) is 3.11. The lowest BCUT2D eigenvalue weighted by atomic mass is 10.3. The Hall–Kier alpha value is -2.02. The molecule has 0 aliphatic carbocycles. The summed E-state index contributed by atoms with van der Waals surface area (Å²) in [4.78, 5) is 13.9. The predicted molar refractivity (Wildman–Crippen MR) is 43.8 cm³/mol. The maximum atomic E-state index is 10.1. The molecule has 1 amide bonds. The Morgan fingerprint density at radius 1 is 1.67 bits per heavy atom. The van der Waals surface area contributed by atoms with Crippen molar-refractivity contribution in [3.63, 3.8) is 0 Å². The first-order valence-corrected chi connectivity index (χ1v) is 3.15. The van der Waals surface area contributed by atoms with Crippen LogP contribution in [0.4, 0.5) is 10.5 Å². The third-order valence-electron chi connectivity index (χ3n) is 1.16. The van der Waals surface area contributed by atoms with Gasteiger partial charge in [-0.15, -0.1) is 6.42 Å². The van der Waals surface area contributed by atoms with Crippen molar-refractivity contribution in [3.8, 4) is 12.3 Å². The maximum Gasteiger partial charge on any atom is 0.409 e. The highest BCUT2D eigenvalue weighted by Crippen LogP contribution is 2.04. The van der Waals surface area contributed by atoms with Crippen molar-refractivity contribution in [1.82, 2.24) is 4.98 Å². The number of hydrogen-bond acceptors (Lipinski definition) is 2. The number of nitrogens with one attached hydrogen (secondary N) is 1. The van der Waals surface area contributed by atoms with Crippen molar-refractivity contribution in [2.75, 3.05) is 5.32 Å². The maximum absolute atomic E-state index is 10.1. The minimum atomic E-state index is -1.12. The molecule has 0 fully saturated rings. The summed E-state index contributed by atoms with van der Waals surface area (Å²) in [7, 11) is 0. The zero-order valence-electron chi connectivity index (χ0n) is 6.11. The van der Waals surface area contributed by atoms with E-state index >= 15 is 0 Å². The van der Waals surface area contributed by atoms with E-state index in [4.69, 9.17) is 11.5 Å². The number of carbonyl (C=O) groups is 1. The van der Waals surface area contributed by atoms with E-state index in [0.717, 1.165) is 0 Å². The molecule has 0 radical (unpaired) electrons. The molecule has 0 spiro atoms. The Bertz CT molecular complexity index is 324. The number of aromatic nitrogens is 1. The highest BCUT2D eigenvalue weighted by molar-refractivity contribution is 5.82. The fraction of sp³-hybridized carbons (Fsp3) is 0. The molecule has 0 bridgehead atoms. The first kappa shape index (κ1) is 8.08. The summed E-state index contributed by atoms with van der Waals surface area (Å²) in [5, 5.41) is 10.5. The highest BCUT2D eigenvalue weighted by atomic mass is 16.4. The SMILES string of the molecule is C#Cc1ccc(NC(=O)O)cn1. The minimum absolute atomic E-state index is 0.404. The van der Waals surface area contributed by atoms with Gasteiger partial charge in [0.05, 0.1) is 11.9 Å². The van der Waals surface area contributed by atoms with Crippen LogP contribution in [0.5, 0.6) is 0 Å². The highest BCUT2D eigenvalue weighted by Gasteiger charge is 1.96. The average molecular weight is 162 g/mol. The molecule has 2 N–H and O–H groups in total. The molecule has 0 aliphatic rings. The van der Waals surface area contributed by atoms with Gasteiger partial charge in [0.2, 0.25) is 0 Å². The van der Waals surface area contributed by atoms with E-state index in [-0.39, 0.29) is 0 Å². The van der Waals surface area contributed by atoms with Crippen molar-refractivity contribution < 1.29 is 9.90 Å².